The van der Waals surface area contributed by atoms with Gasteiger partial charge in [0.15, 0.2) is 0 Å². The minimum atomic E-state index is 0.997. The van der Waals surface area contributed by atoms with Gasteiger partial charge in [0, 0.05) is 16.5 Å². The summed E-state index contributed by atoms with van der Waals surface area (Å²) in [7, 11) is 0. The molecule has 0 N–H and O–H groups in total. The Kier molecular flexibility index (Phi) is 5.39. The van der Waals surface area contributed by atoms with Crippen molar-refractivity contribution < 1.29 is 0 Å². The van der Waals surface area contributed by atoms with Crippen molar-refractivity contribution in [1.29, 1.82) is 0 Å². The topological polar surface area (TPSA) is 4.93 Å². The van der Waals surface area contributed by atoms with Crippen molar-refractivity contribution in [3.8, 4) is 22.3 Å². The van der Waals surface area contributed by atoms with E-state index in [0.29, 0.717) is 0 Å². The van der Waals surface area contributed by atoms with Crippen molar-refractivity contribution in [3.05, 3.63) is 157 Å². The van der Waals surface area contributed by atoms with E-state index in [1.807, 2.05) is 0 Å². The molecule has 0 bridgehead atoms. The lowest BCUT2D eigenvalue weighted by atomic mass is 9.86. The largest absolute Gasteiger partial charge is 0.313 e. The van der Waals surface area contributed by atoms with Gasteiger partial charge in [-0.3, -0.25) is 0 Å². The molecular weight excluding hydrogens is 518 g/mol. The molecule has 0 atom stereocenters. The molecule has 1 aliphatic rings. The van der Waals surface area contributed by atoms with Gasteiger partial charge in [-0.25, -0.2) is 0 Å². The van der Waals surface area contributed by atoms with Crippen molar-refractivity contribution in [2.45, 2.75) is 12.8 Å². The first-order chi connectivity index (χ1) is 21.3. The first-order valence-electron chi connectivity index (χ1n) is 15.2. The van der Waals surface area contributed by atoms with E-state index in [4.69, 9.17) is 0 Å². The van der Waals surface area contributed by atoms with Crippen LogP contribution in [-0.4, -0.2) is 4.57 Å². The van der Waals surface area contributed by atoms with Gasteiger partial charge in [0.1, 0.15) is 0 Å². The molecule has 0 radical (unpaired) electrons. The minimum Gasteiger partial charge on any atom is -0.313 e. The number of allylic oxidation sites excluding steroid dienone is 1. The normalized spacial score (nSPS) is 13.1. The minimum absolute atomic E-state index is 0.997. The predicted octanol–water partition coefficient (Wildman–Crippen LogP) is 11.4. The molecule has 202 valence electrons. The second kappa shape index (κ2) is 9.58. The summed E-state index contributed by atoms with van der Waals surface area (Å²) < 4.78 is 2.53. The molecule has 0 saturated carbocycles. The summed E-state index contributed by atoms with van der Waals surface area (Å²) in [5, 5.41) is 8.01. The van der Waals surface area contributed by atoms with E-state index in [0.717, 1.165) is 12.8 Å². The Hall–Kier alpha value is -5.40. The molecule has 0 saturated heterocycles. The van der Waals surface area contributed by atoms with Crippen LogP contribution in [0.5, 0.6) is 0 Å². The fraction of sp³-hybridized carbons (Fsp3) is 0.0476. The molecular formula is C42H29N. The second-order valence-electron chi connectivity index (χ2n) is 11.7. The van der Waals surface area contributed by atoms with Crippen molar-refractivity contribution >= 4 is 55.1 Å². The van der Waals surface area contributed by atoms with Gasteiger partial charge < -0.3 is 4.57 Å². The van der Waals surface area contributed by atoms with E-state index >= 15 is 0 Å². The lowest BCUT2D eigenvalue weighted by molar-refractivity contribution is 0.957. The van der Waals surface area contributed by atoms with Crippen LogP contribution >= 0.6 is 0 Å². The molecule has 1 heterocycles. The summed E-state index contributed by atoms with van der Waals surface area (Å²) in [5.74, 6) is 0. The average Bonchev–Trinajstić information content (AvgIpc) is 3.42. The molecule has 9 rings (SSSR count). The maximum Gasteiger partial charge on any atom is 0.0544 e. The van der Waals surface area contributed by atoms with Crippen LogP contribution in [0, 0.1) is 0 Å². The SMILES string of the molecule is C1=C(n2c3ccccc3c3ccc(-c4cccc(-c5ccccc5)c4)cc32)CCc2c1c1ccccc1c1ccccc21. The van der Waals surface area contributed by atoms with Crippen molar-refractivity contribution in [1.82, 2.24) is 4.57 Å². The maximum atomic E-state index is 2.53. The van der Waals surface area contributed by atoms with Gasteiger partial charge in [-0.05, 0) is 92.0 Å². The highest BCUT2D eigenvalue weighted by Crippen LogP contribution is 2.42. The molecule has 8 aromatic rings. The van der Waals surface area contributed by atoms with Crippen LogP contribution in [0.3, 0.4) is 0 Å². The molecule has 43 heavy (non-hydrogen) atoms. The second-order valence-corrected chi connectivity index (χ2v) is 11.7. The summed E-state index contributed by atoms with van der Waals surface area (Å²) >= 11 is 0. The smallest absolute Gasteiger partial charge is 0.0544 e. The number of rotatable bonds is 3. The number of hydrogen-bond acceptors (Lipinski definition) is 0. The maximum absolute atomic E-state index is 2.53. The molecule has 1 aromatic heterocycles. The molecule has 7 aromatic carbocycles. The third kappa shape index (κ3) is 3.78. The van der Waals surface area contributed by atoms with E-state index in [-0.39, 0.29) is 0 Å². The fourth-order valence-electron chi connectivity index (χ4n) is 7.31. The number of aryl methyl sites for hydroxylation is 1. The van der Waals surface area contributed by atoms with Crippen LogP contribution < -0.4 is 0 Å². The Morgan fingerprint density at radius 2 is 0.953 bits per heavy atom. The Morgan fingerprint density at radius 1 is 0.372 bits per heavy atom. The van der Waals surface area contributed by atoms with Crippen LogP contribution in [0.2, 0.25) is 0 Å². The highest BCUT2D eigenvalue weighted by Gasteiger charge is 2.21. The van der Waals surface area contributed by atoms with E-state index in [1.54, 1.807) is 0 Å². The molecule has 1 aliphatic carbocycles. The number of benzene rings is 7. The van der Waals surface area contributed by atoms with Gasteiger partial charge >= 0.3 is 0 Å². The standard InChI is InChI=1S/C42H29N/c1-2-11-28(12-3-1)29-13-10-14-30(25-29)31-21-23-39-38-19-8-9-20-41(38)43(42(39)26-31)32-22-24-37-35-17-5-4-15-33(35)34-16-6-7-18-36(34)40(37)27-32/h1-21,23,25-27H,22,24H2. The number of fused-ring (bicyclic) bond motifs is 9. The molecule has 0 spiro atoms. The van der Waals surface area contributed by atoms with Gasteiger partial charge in [0.25, 0.3) is 0 Å². The van der Waals surface area contributed by atoms with Crippen LogP contribution in [0.15, 0.2) is 146 Å². The van der Waals surface area contributed by atoms with E-state index in [1.165, 1.54) is 82.4 Å². The Bertz CT molecular complexity index is 2390. The predicted molar refractivity (Wildman–Crippen MR) is 184 cm³/mol. The zero-order chi connectivity index (χ0) is 28.3. The lowest BCUT2D eigenvalue weighted by Gasteiger charge is -2.23. The first kappa shape index (κ1) is 24.2. The van der Waals surface area contributed by atoms with Gasteiger partial charge in [-0.1, -0.05) is 127 Å². The summed E-state index contributed by atoms with van der Waals surface area (Å²) in [6.07, 6.45) is 4.50. The van der Waals surface area contributed by atoms with E-state index in [2.05, 4.69) is 156 Å². The highest BCUT2D eigenvalue weighted by molar-refractivity contribution is 6.15. The van der Waals surface area contributed by atoms with Crippen molar-refractivity contribution in [2.75, 3.05) is 0 Å². The van der Waals surface area contributed by atoms with Crippen LogP contribution in [-0.2, 0) is 6.42 Å². The van der Waals surface area contributed by atoms with Crippen molar-refractivity contribution in [3.63, 3.8) is 0 Å². The molecule has 0 aliphatic heterocycles. The van der Waals surface area contributed by atoms with Gasteiger partial charge in [-0.2, -0.15) is 0 Å². The van der Waals surface area contributed by atoms with Crippen LogP contribution in [0.25, 0.3) is 77.4 Å². The molecule has 1 nitrogen and oxygen atoms in total. The average molecular weight is 548 g/mol. The summed E-state index contributed by atoms with van der Waals surface area (Å²) in [4.78, 5) is 0. The van der Waals surface area contributed by atoms with E-state index in [9.17, 15) is 0 Å². The molecule has 1 heteroatoms. The van der Waals surface area contributed by atoms with Gasteiger partial charge in [0.05, 0.1) is 11.0 Å². The molecule has 0 amide bonds. The molecule has 0 unspecified atom stereocenters. The number of nitrogens with zero attached hydrogens (tertiary/aromatic N) is 1. The summed E-state index contributed by atoms with van der Waals surface area (Å²) in [5.41, 5.74) is 11.7. The molecule has 0 fully saturated rings. The Morgan fingerprint density at radius 3 is 1.77 bits per heavy atom. The van der Waals surface area contributed by atoms with Crippen LogP contribution in [0.4, 0.5) is 0 Å². The van der Waals surface area contributed by atoms with Gasteiger partial charge in [-0.15, -0.1) is 0 Å². The quantitative estimate of drug-likeness (QED) is 0.194. The zero-order valence-electron chi connectivity index (χ0n) is 23.8. The van der Waals surface area contributed by atoms with Gasteiger partial charge in [0.2, 0.25) is 0 Å². The third-order valence-corrected chi connectivity index (χ3v) is 9.29. The zero-order valence-corrected chi connectivity index (χ0v) is 23.8. The summed E-state index contributed by atoms with van der Waals surface area (Å²) in [6.45, 7) is 0. The highest BCUT2D eigenvalue weighted by atomic mass is 15.0. The Balaban J connectivity index is 1.28. The number of para-hydroxylation sites is 1. The van der Waals surface area contributed by atoms with E-state index < -0.39 is 0 Å². The monoisotopic (exact) mass is 547 g/mol. The first-order valence-corrected chi connectivity index (χ1v) is 15.2. The third-order valence-electron chi connectivity index (χ3n) is 9.29. The number of aromatic nitrogens is 1. The Labute approximate surface area is 251 Å². The summed E-state index contributed by atoms with van der Waals surface area (Å²) in [6, 6.07) is 53.3. The lowest BCUT2D eigenvalue weighted by Crippen LogP contribution is -2.06. The number of hydrogen-bond donors (Lipinski definition) is 0. The fourth-order valence-corrected chi connectivity index (χ4v) is 7.31. The van der Waals surface area contributed by atoms with Crippen LogP contribution in [0.1, 0.15) is 17.5 Å². The van der Waals surface area contributed by atoms with Crippen molar-refractivity contribution in [2.24, 2.45) is 0 Å².